The van der Waals surface area contributed by atoms with Gasteiger partial charge in [0.05, 0.1) is 17.1 Å². The first-order chi connectivity index (χ1) is 14.2. The van der Waals surface area contributed by atoms with Gasteiger partial charge in [-0.25, -0.2) is 4.98 Å². The SMILES string of the molecule is O=C(CNC(=O)c1cccs1)Nc1nc(COc2ccc3ccccc3c2)cs1. The van der Waals surface area contributed by atoms with Crippen LogP contribution >= 0.6 is 22.7 Å². The maximum absolute atomic E-state index is 12.0. The number of hydrogen-bond acceptors (Lipinski definition) is 6. The summed E-state index contributed by atoms with van der Waals surface area (Å²) < 4.78 is 5.81. The predicted molar refractivity (Wildman–Crippen MR) is 116 cm³/mol. The maximum atomic E-state index is 12.0. The van der Waals surface area contributed by atoms with Crippen molar-refractivity contribution in [1.29, 1.82) is 0 Å². The molecule has 8 heteroatoms. The van der Waals surface area contributed by atoms with Crippen LogP contribution in [0.15, 0.2) is 65.4 Å². The van der Waals surface area contributed by atoms with Crippen molar-refractivity contribution in [3.05, 3.63) is 75.9 Å². The van der Waals surface area contributed by atoms with Crippen LogP contribution in [0.3, 0.4) is 0 Å². The zero-order chi connectivity index (χ0) is 20.1. The highest BCUT2D eigenvalue weighted by molar-refractivity contribution is 7.14. The molecule has 2 aromatic heterocycles. The minimum Gasteiger partial charge on any atom is -0.487 e. The van der Waals surface area contributed by atoms with E-state index in [0.29, 0.717) is 16.6 Å². The number of fused-ring (bicyclic) bond motifs is 1. The Balaban J connectivity index is 1.27. The van der Waals surface area contributed by atoms with Gasteiger partial charge in [-0.15, -0.1) is 22.7 Å². The summed E-state index contributed by atoms with van der Waals surface area (Å²) in [7, 11) is 0. The molecule has 4 rings (SSSR count). The molecule has 0 unspecified atom stereocenters. The summed E-state index contributed by atoms with van der Waals surface area (Å²) in [5.74, 6) is 0.170. The number of carbonyl (C=O) groups excluding carboxylic acids is 2. The van der Waals surface area contributed by atoms with Crippen LogP contribution in [0.4, 0.5) is 5.13 Å². The molecule has 0 atom stereocenters. The molecule has 29 heavy (non-hydrogen) atoms. The number of rotatable bonds is 7. The number of benzene rings is 2. The van der Waals surface area contributed by atoms with Crippen molar-refractivity contribution in [2.45, 2.75) is 6.61 Å². The van der Waals surface area contributed by atoms with Gasteiger partial charge in [0.15, 0.2) is 5.13 Å². The molecule has 2 N–H and O–H groups in total. The van der Waals surface area contributed by atoms with Gasteiger partial charge in [-0.1, -0.05) is 36.4 Å². The molecule has 0 bridgehead atoms. The van der Waals surface area contributed by atoms with Crippen molar-refractivity contribution in [3.63, 3.8) is 0 Å². The quantitative estimate of drug-likeness (QED) is 0.464. The number of aromatic nitrogens is 1. The van der Waals surface area contributed by atoms with Crippen LogP contribution in [0.25, 0.3) is 10.8 Å². The summed E-state index contributed by atoms with van der Waals surface area (Å²) in [5, 5.41) is 11.7. The van der Waals surface area contributed by atoms with Gasteiger partial charge in [0.1, 0.15) is 12.4 Å². The normalized spacial score (nSPS) is 10.6. The lowest BCUT2D eigenvalue weighted by molar-refractivity contribution is -0.115. The molecule has 0 saturated heterocycles. The third-order valence-electron chi connectivity index (χ3n) is 4.06. The number of anilines is 1. The number of nitrogens with zero attached hydrogens (tertiary/aromatic N) is 1. The van der Waals surface area contributed by atoms with Crippen LogP contribution in [0.1, 0.15) is 15.4 Å². The molecule has 2 aromatic carbocycles. The Bertz CT molecular complexity index is 1140. The number of ether oxygens (including phenoxy) is 1. The van der Waals surface area contributed by atoms with Gasteiger partial charge in [-0.3, -0.25) is 9.59 Å². The van der Waals surface area contributed by atoms with Gasteiger partial charge in [0, 0.05) is 5.38 Å². The first kappa shape index (κ1) is 19.1. The van der Waals surface area contributed by atoms with E-state index in [4.69, 9.17) is 4.74 Å². The molecule has 4 aromatic rings. The van der Waals surface area contributed by atoms with E-state index < -0.39 is 0 Å². The molecule has 0 aliphatic rings. The Hall–Kier alpha value is -3.23. The summed E-state index contributed by atoms with van der Waals surface area (Å²) >= 11 is 2.64. The standard InChI is InChI=1S/C21H17N3O3S2/c25-19(11-22-20(26)18-6-3-9-28-18)24-21-23-16(13-29-21)12-27-17-8-7-14-4-1-2-5-15(14)10-17/h1-10,13H,11-12H2,(H,22,26)(H,23,24,25). The van der Waals surface area contributed by atoms with Crippen LogP contribution in [-0.4, -0.2) is 23.3 Å². The van der Waals surface area contributed by atoms with E-state index in [1.807, 2.05) is 47.2 Å². The van der Waals surface area contributed by atoms with Gasteiger partial charge in [0.25, 0.3) is 5.91 Å². The molecule has 0 spiro atoms. The number of carbonyl (C=O) groups is 2. The summed E-state index contributed by atoms with van der Waals surface area (Å²) in [4.78, 5) is 28.8. The van der Waals surface area contributed by atoms with Gasteiger partial charge in [-0.05, 0) is 34.4 Å². The maximum Gasteiger partial charge on any atom is 0.261 e. The molecule has 0 saturated carbocycles. The number of nitrogens with one attached hydrogen (secondary N) is 2. The van der Waals surface area contributed by atoms with Crippen LogP contribution in [0.2, 0.25) is 0 Å². The molecule has 2 amide bonds. The smallest absolute Gasteiger partial charge is 0.261 e. The van der Waals surface area contributed by atoms with Gasteiger partial charge >= 0.3 is 0 Å². The molecule has 0 radical (unpaired) electrons. The summed E-state index contributed by atoms with van der Waals surface area (Å²) in [6.45, 7) is 0.194. The van der Waals surface area contributed by atoms with Crippen LogP contribution in [-0.2, 0) is 11.4 Å². The summed E-state index contributed by atoms with van der Waals surface area (Å²) in [6, 6.07) is 17.5. The van der Waals surface area contributed by atoms with E-state index in [-0.39, 0.29) is 18.4 Å². The van der Waals surface area contributed by atoms with Crippen molar-refractivity contribution >= 4 is 50.4 Å². The first-order valence-corrected chi connectivity index (χ1v) is 10.6. The average Bonchev–Trinajstić information content (AvgIpc) is 3.43. The Kier molecular flexibility index (Phi) is 5.83. The highest BCUT2D eigenvalue weighted by atomic mass is 32.1. The minimum atomic E-state index is -0.328. The van der Waals surface area contributed by atoms with E-state index in [9.17, 15) is 9.59 Å². The predicted octanol–water partition coefficient (Wildman–Crippen LogP) is 4.31. The van der Waals surface area contributed by atoms with Crippen molar-refractivity contribution in [2.75, 3.05) is 11.9 Å². The average molecular weight is 424 g/mol. The third kappa shape index (κ3) is 4.98. The Morgan fingerprint density at radius 2 is 1.86 bits per heavy atom. The minimum absolute atomic E-state index is 0.112. The molecule has 0 aliphatic heterocycles. The monoisotopic (exact) mass is 423 g/mol. The largest absolute Gasteiger partial charge is 0.487 e. The second kappa shape index (κ2) is 8.85. The number of thiazole rings is 1. The number of hydrogen-bond donors (Lipinski definition) is 2. The van der Waals surface area contributed by atoms with E-state index in [2.05, 4.69) is 21.7 Å². The highest BCUT2D eigenvalue weighted by Crippen LogP contribution is 2.22. The second-order valence-electron chi connectivity index (χ2n) is 6.15. The second-order valence-corrected chi connectivity index (χ2v) is 7.96. The molecular weight excluding hydrogens is 406 g/mol. The fourth-order valence-electron chi connectivity index (χ4n) is 2.66. The van der Waals surface area contributed by atoms with Gasteiger partial charge in [-0.2, -0.15) is 0 Å². The van der Waals surface area contributed by atoms with Gasteiger partial charge < -0.3 is 15.4 Å². The summed E-state index contributed by atoms with van der Waals surface area (Å²) in [6.07, 6.45) is 0. The zero-order valence-electron chi connectivity index (χ0n) is 15.3. The van der Waals surface area contributed by atoms with Crippen molar-refractivity contribution in [2.24, 2.45) is 0 Å². The van der Waals surface area contributed by atoms with Crippen molar-refractivity contribution in [3.8, 4) is 5.75 Å². The van der Waals surface area contributed by atoms with Crippen LogP contribution in [0, 0.1) is 0 Å². The van der Waals surface area contributed by atoms with Crippen molar-refractivity contribution < 1.29 is 14.3 Å². The fraction of sp³-hybridized carbons (Fsp3) is 0.0952. The number of amides is 2. The highest BCUT2D eigenvalue weighted by Gasteiger charge is 2.11. The molecule has 0 aliphatic carbocycles. The Morgan fingerprint density at radius 1 is 1.00 bits per heavy atom. The lowest BCUT2D eigenvalue weighted by Gasteiger charge is -2.06. The molecule has 0 fully saturated rings. The third-order valence-corrected chi connectivity index (χ3v) is 5.74. The van der Waals surface area contributed by atoms with Gasteiger partial charge in [0.2, 0.25) is 5.91 Å². The van der Waals surface area contributed by atoms with Crippen LogP contribution < -0.4 is 15.4 Å². The topological polar surface area (TPSA) is 80.3 Å². The van der Waals surface area contributed by atoms with E-state index >= 15 is 0 Å². The molecule has 6 nitrogen and oxygen atoms in total. The summed E-state index contributed by atoms with van der Waals surface area (Å²) in [5.41, 5.74) is 0.723. The Morgan fingerprint density at radius 3 is 2.69 bits per heavy atom. The fourth-order valence-corrected chi connectivity index (χ4v) is 4.02. The first-order valence-electron chi connectivity index (χ1n) is 8.85. The molecule has 146 valence electrons. The molecule has 2 heterocycles. The van der Waals surface area contributed by atoms with Crippen molar-refractivity contribution in [1.82, 2.24) is 10.3 Å². The van der Waals surface area contributed by atoms with Crippen LogP contribution in [0.5, 0.6) is 5.75 Å². The Labute approximate surface area is 175 Å². The van der Waals surface area contributed by atoms with E-state index in [1.54, 1.807) is 12.1 Å². The van der Waals surface area contributed by atoms with E-state index in [0.717, 1.165) is 22.2 Å². The molecular formula is C21H17N3O3S2. The number of thiophene rings is 1. The lowest BCUT2D eigenvalue weighted by atomic mass is 10.1. The lowest BCUT2D eigenvalue weighted by Crippen LogP contribution is -2.32. The van der Waals surface area contributed by atoms with E-state index in [1.165, 1.54) is 22.7 Å². The zero-order valence-corrected chi connectivity index (χ0v) is 16.9.